The van der Waals surface area contributed by atoms with Crippen LogP contribution >= 0.6 is 22.6 Å². The molecule has 3 N–H and O–H groups in total. The molecular weight excluding hydrogens is 589 g/mol. The molecule has 0 unspecified atom stereocenters. The van der Waals surface area contributed by atoms with E-state index >= 15 is 0 Å². The van der Waals surface area contributed by atoms with Gasteiger partial charge in [-0.3, -0.25) is 15.4 Å². The fourth-order valence-corrected chi connectivity index (χ4v) is 4.30. The maximum atomic E-state index is 14.6. The van der Waals surface area contributed by atoms with Crippen LogP contribution < -0.4 is 10.6 Å². The highest BCUT2D eigenvalue weighted by Gasteiger charge is 2.41. The van der Waals surface area contributed by atoms with E-state index in [1.807, 2.05) is 0 Å². The van der Waals surface area contributed by atoms with Crippen LogP contribution in [-0.4, -0.2) is 21.2 Å². The van der Waals surface area contributed by atoms with Crippen molar-refractivity contribution in [3.05, 3.63) is 113 Å². The molecule has 0 aliphatic heterocycles. The van der Waals surface area contributed by atoms with E-state index in [1.165, 1.54) is 12.3 Å². The van der Waals surface area contributed by atoms with Gasteiger partial charge in [0.05, 0.1) is 11.3 Å². The quantitative estimate of drug-likeness (QED) is 0.133. The SMILES string of the molecule is O=C(Nc1cc[nH]n1)N[C@](Cc1ccccc1)(c1cc(F)cc(C(F)(F)F)c1)c1ccc(CI)cn1. The number of amides is 2. The summed E-state index contributed by atoms with van der Waals surface area (Å²) in [5.74, 6) is -0.889. The molecule has 0 spiro atoms. The van der Waals surface area contributed by atoms with Crippen LogP contribution in [0.4, 0.5) is 28.2 Å². The zero-order valence-electron chi connectivity index (χ0n) is 18.6. The molecule has 6 nitrogen and oxygen atoms in total. The van der Waals surface area contributed by atoms with Gasteiger partial charge in [-0.2, -0.15) is 18.3 Å². The second-order valence-corrected chi connectivity index (χ2v) is 8.78. The molecule has 0 aliphatic carbocycles. The third-order valence-corrected chi connectivity index (χ3v) is 6.40. The first-order valence-electron chi connectivity index (χ1n) is 10.7. The number of hydrogen-bond acceptors (Lipinski definition) is 3. The first-order valence-corrected chi connectivity index (χ1v) is 12.2. The van der Waals surface area contributed by atoms with Crippen molar-refractivity contribution in [2.75, 3.05) is 5.32 Å². The van der Waals surface area contributed by atoms with Gasteiger partial charge in [0.1, 0.15) is 11.4 Å². The van der Waals surface area contributed by atoms with Gasteiger partial charge in [0.15, 0.2) is 5.82 Å². The van der Waals surface area contributed by atoms with Gasteiger partial charge < -0.3 is 5.32 Å². The molecule has 2 amide bonds. The van der Waals surface area contributed by atoms with Crippen LogP contribution in [0, 0.1) is 5.82 Å². The Labute approximate surface area is 217 Å². The van der Waals surface area contributed by atoms with E-state index in [9.17, 15) is 22.4 Å². The molecule has 1 atom stereocenters. The molecule has 0 radical (unpaired) electrons. The average Bonchev–Trinajstić information content (AvgIpc) is 3.36. The monoisotopic (exact) mass is 609 g/mol. The second kappa shape index (κ2) is 10.6. The predicted octanol–water partition coefficient (Wildman–Crippen LogP) is 6.21. The van der Waals surface area contributed by atoms with E-state index in [1.54, 1.807) is 48.7 Å². The summed E-state index contributed by atoms with van der Waals surface area (Å²) in [5.41, 5.74) is -1.12. The van der Waals surface area contributed by atoms with Gasteiger partial charge in [-0.05, 0) is 41.0 Å². The largest absolute Gasteiger partial charge is 0.416 e. The first kappa shape index (κ1) is 25.6. The summed E-state index contributed by atoms with van der Waals surface area (Å²) in [6.07, 6.45) is -1.72. The van der Waals surface area contributed by atoms with Crippen LogP contribution in [-0.2, 0) is 22.6 Å². The smallest absolute Gasteiger partial charge is 0.322 e. The molecule has 11 heteroatoms. The topological polar surface area (TPSA) is 82.7 Å². The van der Waals surface area contributed by atoms with Crippen LogP contribution in [0.15, 0.2) is 79.1 Å². The number of aromatic nitrogens is 3. The Hall–Kier alpha value is -3.48. The maximum absolute atomic E-state index is 14.6. The zero-order valence-corrected chi connectivity index (χ0v) is 20.8. The molecule has 0 aliphatic rings. The average molecular weight is 609 g/mol. The fourth-order valence-electron chi connectivity index (χ4n) is 3.85. The number of carbonyl (C=O) groups excluding carboxylic acids is 1. The van der Waals surface area contributed by atoms with Gasteiger partial charge >= 0.3 is 12.2 Å². The third kappa shape index (κ3) is 5.83. The summed E-state index contributed by atoms with van der Waals surface area (Å²) < 4.78 is 56.3. The molecule has 4 rings (SSSR count). The minimum absolute atomic E-state index is 0.000836. The van der Waals surface area contributed by atoms with E-state index in [0.29, 0.717) is 16.1 Å². The molecule has 0 saturated carbocycles. The minimum atomic E-state index is -4.80. The highest BCUT2D eigenvalue weighted by atomic mass is 127. The number of hydrogen-bond donors (Lipinski definition) is 3. The summed E-state index contributed by atoms with van der Waals surface area (Å²) in [6.45, 7) is 0. The number of carbonyl (C=O) groups is 1. The lowest BCUT2D eigenvalue weighted by molar-refractivity contribution is -0.137. The van der Waals surface area contributed by atoms with Gasteiger partial charge in [-0.15, -0.1) is 0 Å². The Kier molecular flexibility index (Phi) is 7.57. The fraction of sp³-hybridized carbons (Fsp3) is 0.160. The molecular formula is C25H20F4IN5O. The van der Waals surface area contributed by atoms with E-state index in [4.69, 9.17) is 0 Å². The molecule has 2 heterocycles. The number of aromatic amines is 1. The summed E-state index contributed by atoms with van der Waals surface area (Å²) in [4.78, 5) is 17.6. The normalized spacial score (nSPS) is 13.1. The lowest BCUT2D eigenvalue weighted by atomic mass is 9.79. The molecule has 0 saturated heterocycles. The standard InChI is InChI=1S/C25H20F4IN5O/c26-20-11-18(10-19(12-20)25(27,28)29)24(13-16-4-2-1-3-5-16,21-7-6-17(14-30)15-31-21)34-23(36)33-22-8-9-32-35-22/h1-12,15H,13-14H2,(H3,32,33,34,35,36)/t24-/m1/s1. The van der Waals surface area contributed by atoms with Crippen molar-refractivity contribution in [1.82, 2.24) is 20.5 Å². The number of rotatable bonds is 7. The highest BCUT2D eigenvalue weighted by molar-refractivity contribution is 14.1. The van der Waals surface area contributed by atoms with Crippen LogP contribution in [0.3, 0.4) is 0 Å². The van der Waals surface area contributed by atoms with E-state index in [2.05, 4.69) is 48.4 Å². The number of urea groups is 1. The number of anilines is 1. The second-order valence-electron chi connectivity index (χ2n) is 8.02. The summed E-state index contributed by atoms with van der Waals surface area (Å²) in [5, 5.41) is 11.8. The Balaban J connectivity index is 1.92. The molecule has 186 valence electrons. The van der Waals surface area contributed by atoms with Crippen LogP contribution in [0.25, 0.3) is 0 Å². The van der Waals surface area contributed by atoms with Crippen molar-refractivity contribution in [2.45, 2.75) is 22.6 Å². The van der Waals surface area contributed by atoms with Gasteiger partial charge in [0.25, 0.3) is 0 Å². The van der Waals surface area contributed by atoms with Gasteiger partial charge in [0, 0.05) is 29.3 Å². The van der Waals surface area contributed by atoms with Gasteiger partial charge in [-0.25, -0.2) is 9.18 Å². The Bertz CT molecular complexity index is 1310. The number of pyridine rings is 1. The van der Waals surface area contributed by atoms with Gasteiger partial charge in [-0.1, -0.05) is 59.0 Å². The Morgan fingerprint density at radius 2 is 1.72 bits per heavy atom. The number of benzene rings is 2. The summed E-state index contributed by atoms with van der Waals surface area (Å²) in [7, 11) is 0. The molecule has 2 aromatic heterocycles. The Morgan fingerprint density at radius 3 is 2.33 bits per heavy atom. The summed E-state index contributed by atoms with van der Waals surface area (Å²) in [6, 6.07) is 15.3. The van der Waals surface area contributed by atoms with Crippen LogP contribution in [0.1, 0.15) is 27.9 Å². The summed E-state index contributed by atoms with van der Waals surface area (Å²) >= 11 is 2.16. The molecule has 2 aromatic carbocycles. The molecule has 4 aromatic rings. The van der Waals surface area contributed by atoms with Crippen molar-refractivity contribution in [3.8, 4) is 0 Å². The van der Waals surface area contributed by atoms with Crippen molar-refractivity contribution in [2.24, 2.45) is 0 Å². The predicted molar refractivity (Wildman–Crippen MR) is 135 cm³/mol. The number of H-pyrrole nitrogens is 1. The van der Waals surface area contributed by atoms with E-state index in [0.717, 1.165) is 17.7 Å². The number of nitrogens with zero attached hydrogens (tertiary/aromatic N) is 2. The van der Waals surface area contributed by atoms with Crippen LogP contribution in [0.2, 0.25) is 0 Å². The first-order chi connectivity index (χ1) is 17.2. The number of halogens is 5. The zero-order chi connectivity index (χ0) is 25.8. The molecule has 36 heavy (non-hydrogen) atoms. The number of nitrogens with one attached hydrogen (secondary N) is 3. The van der Waals surface area contributed by atoms with Gasteiger partial charge in [0.2, 0.25) is 0 Å². The maximum Gasteiger partial charge on any atom is 0.416 e. The lowest BCUT2D eigenvalue weighted by Crippen LogP contribution is -2.51. The molecule has 0 bridgehead atoms. The third-order valence-electron chi connectivity index (χ3n) is 5.52. The van der Waals surface area contributed by atoms with Crippen LogP contribution in [0.5, 0.6) is 0 Å². The molecule has 0 fully saturated rings. The van der Waals surface area contributed by atoms with E-state index < -0.39 is 29.1 Å². The van der Waals surface area contributed by atoms with Crippen molar-refractivity contribution < 1.29 is 22.4 Å². The van der Waals surface area contributed by atoms with Crippen molar-refractivity contribution >= 4 is 34.4 Å². The van der Waals surface area contributed by atoms with E-state index in [-0.39, 0.29) is 23.5 Å². The van der Waals surface area contributed by atoms with Crippen molar-refractivity contribution in [1.29, 1.82) is 0 Å². The number of alkyl halides is 4. The minimum Gasteiger partial charge on any atom is -0.322 e. The lowest BCUT2D eigenvalue weighted by Gasteiger charge is -2.36. The highest BCUT2D eigenvalue weighted by Crippen LogP contribution is 2.37. The Morgan fingerprint density at radius 1 is 0.972 bits per heavy atom. The van der Waals surface area contributed by atoms with Crippen molar-refractivity contribution in [3.63, 3.8) is 0 Å².